The van der Waals surface area contributed by atoms with Gasteiger partial charge in [0.1, 0.15) is 5.82 Å². The lowest BCUT2D eigenvalue weighted by molar-refractivity contribution is 0.208. The number of anilines is 2. The number of carbonyl (C=O) groups excluding carboxylic acids is 1. The molecule has 5 heteroatoms. The minimum Gasteiger partial charge on any atom is -0.368 e. The van der Waals surface area contributed by atoms with E-state index in [1.54, 1.807) is 12.1 Å². The first-order valence-electron chi connectivity index (χ1n) is 9.73. The van der Waals surface area contributed by atoms with Crippen LogP contribution in [0.2, 0.25) is 0 Å². The van der Waals surface area contributed by atoms with Crippen LogP contribution < -0.4 is 10.2 Å². The molecule has 2 aromatic rings. The second kappa shape index (κ2) is 8.89. The van der Waals surface area contributed by atoms with Crippen molar-refractivity contribution in [2.45, 2.75) is 33.1 Å². The van der Waals surface area contributed by atoms with Gasteiger partial charge in [0.05, 0.1) is 0 Å². The average Bonchev–Trinajstić information content (AvgIpc) is 2.69. The van der Waals surface area contributed by atoms with E-state index in [1.807, 2.05) is 17.9 Å². The van der Waals surface area contributed by atoms with E-state index in [2.05, 4.69) is 29.3 Å². The molecule has 0 unspecified atom stereocenters. The molecule has 0 spiro atoms. The summed E-state index contributed by atoms with van der Waals surface area (Å²) in [6.45, 7) is 7.02. The van der Waals surface area contributed by atoms with Crippen LogP contribution in [-0.2, 0) is 6.42 Å². The molecule has 27 heavy (non-hydrogen) atoms. The van der Waals surface area contributed by atoms with Crippen LogP contribution >= 0.6 is 0 Å². The summed E-state index contributed by atoms with van der Waals surface area (Å²) in [6, 6.07) is 12.7. The predicted molar refractivity (Wildman–Crippen MR) is 109 cm³/mol. The molecule has 0 aromatic heterocycles. The lowest BCUT2D eigenvalue weighted by Crippen LogP contribution is -2.50. The summed E-state index contributed by atoms with van der Waals surface area (Å²) in [4.78, 5) is 16.6. The fourth-order valence-corrected chi connectivity index (χ4v) is 3.42. The van der Waals surface area contributed by atoms with E-state index in [0.717, 1.165) is 36.4 Å². The molecule has 4 nitrogen and oxygen atoms in total. The Morgan fingerprint density at radius 1 is 1.07 bits per heavy atom. The SMILES string of the molecule is CCCCc1ccc(NC(=O)N2CCN(c3ccc(F)cc3)CC2)c(C)c1. The van der Waals surface area contributed by atoms with E-state index in [4.69, 9.17) is 0 Å². The number of carbonyl (C=O) groups is 1. The van der Waals surface area contributed by atoms with Crippen molar-refractivity contribution >= 4 is 17.4 Å². The van der Waals surface area contributed by atoms with Gasteiger partial charge in [-0.2, -0.15) is 0 Å². The molecule has 0 aliphatic carbocycles. The van der Waals surface area contributed by atoms with Gasteiger partial charge in [-0.05, 0) is 61.2 Å². The van der Waals surface area contributed by atoms with Crippen molar-refractivity contribution in [1.29, 1.82) is 0 Å². The Kier molecular flexibility index (Phi) is 6.32. The quantitative estimate of drug-likeness (QED) is 0.819. The third-order valence-corrected chi connectivity index (χ3v) is 5.11. The largest absolute Gasteiger partial charge is 0.368 e. The normalized spacial score (nSPS) is 14.3. The number of halogens is 1. The molecular formula is C22H28FN3O. The van der Waals surface area contributed by atoms with Gasteiger partial charge in [-0.3, -0.25) is 0 Å². The standard InChI is InChI=1S/C22H28FN3O/c1-3-4-5-18-6-11-21(17(2)16-18)24-22(27)26-14-12-25(13-15-26)20-9-7-19(23)8-10-20/h6-11,16H,3-5,12-15H2,1-2H3,(H,24,27). The summed E-state index contributed by atoms with van der Waals surface area (Å²) in [5, 5.41) is 3.04. The van der Waals surface area contributed by atoms with Crippen LogP contribution in [0.15, 0.2) is 42.5 Å². The molecule has 1 heterocycles. The lowest BCUT2D eigenvalue weighted by Gasteiger charge is -2.36. The number of piperazine rings is 1. The molecule has 1 aliphatic heterocycles. The molecular weight excluding hydrogens is 341 g/mol. The third-order valence-electron chi connectivity index (χ3n) is 5.11. The maximum atomic E-state index is 13.1. The van der Waals surface area contributed by atoms with Gasteiger partial charge in [-0.25, -0.2) is 9.18 Å². The fourth-order valence-electron chi connectivity index (χ4n) is 3.42. The number of hydrogen-bond acceptors (Lipinski definition) is 2. The molecule has 1 fully saturated rings. The van der Waals surface area contributed by atoms with Crippen LogP contribution in [0.4, 0.5) is 20.6 Å². The number of urea groups is 1. The zero-order valence-corrected chi connectivity index (χ0v) is 16.2. The summed E-state index contributed by atoms with van der Waals surface area (Å²) < 4.78 is 13.1. The molecule has 0 saturated carbocycles. The van der Waals surface area contributed by atoms with Crippen molar-refractivity contribution in [3.05, 3.63) is 59.4 Å². The number of aryl methyl sites for hydroxylation is 2. The minimum absolute atomic E-state index is 0.0573. The maximum absolute atomic E-state index is 13.1. The molecule has 2 aromatic carbocycles. The van der Waals surface area contributed by atoms with Crippen molar-refractivity contribution < 1.29 is 9.18 Å². The highest BCUT2D eigenvalue weighted by Gasteiger charge is 2.21. The Morgan fingerprint density at radius 3 is 2.41 bits per heavy atom. The zero-order chi connectivity index (χ0) is 19.2. The van der Waals surface area contributed by atoms with Gasteiger partial charge in [0.2, 0.25) is 0 Å². The van der Waals surface area contributed by atoms with E-state index in [1.165, 1.54) is 30.5 Å². The highest BCUT2D eigenvalue weighted by Crippen LogP contribution is 2.20. The number of hydrogen-bond donors (Lipinski definition) is 1. The molecule has 144 valence electrons. The molecule has 1 aliphatic rings. The van der Waals surface area contributed by atoms with Crippen molar-refractivity contribution in [2.24, 2.45) is 0 Å². The van der Waals surface area contributed by atoms with Crippen molar-refractivity contribution in [2.75, 3.05) is 36.4 Å². The van der Waals surface area contributed by atoms with Crippen molar-refractivity contribution in [3.8, 4) is 0 Å². The van der Waals surface area contributed by atoms with Crippen LogP contribution in [0, 0.1) is 12.7 Å². The Bertz CT molecular complexity index is 768. The molecule has 0 radical (unpaired) electrons. The van der Waals surface area contributed by atoms with Crippen LogP contribution in [0.25, 0.3) is 0 Å². The second-order valence-electron chi connectivity index (χ2n) is 7.13. The minimum atomic E-state index is -0.229. The Hall–Kier alpha value is -2.56. The highest BCUT2D eigenvalue weighted by molar-refractivity contribution is 5.90. The first kappa shape index (κ1) is 19.2. The van der Waals surface area contributed by atoms with E-state index >= 15 is 0 Å². The van der Waals surface area contributed by atoms with Crippen LogP contribution in [-0.4, -0.2) is 37.1 Å². The maximum Gasteiger partial charge on any atom is 0.321 e. The van der Waals surface area contributed by atoms with Gasteiger partial charge in [0.15, 0.2) is 0 Å². The summed E-state index contributed by atoms with van der Waals surface area (Å²) in [7, 11) is 0. The number of nitrogens with zero attached hydrogens (tertiary/aromatic N) is 2. The summed E-state index contributed by atoms with van der Waals surface area (Å²) in [6.07, 6.45) is 3.45. The summed E-state index contributed by atoms with van der Waals surface area (Å²) in [5.74, 6) is -0.229. The topological polar surface area (TPSA) is 35.6 Å². The second-order valence-corrected chi connectivity index (χ2v) is 7.13. The summed E-state index contributed by atoms with van der Waals surface area (Å²) >= 11 is 0. The highest BCUT2D eigenvalue weighted by atomic mass is 19.1. The molecule has 2 amide bonds. The number of benzene rings is 2. The van der Waals surface area contributed by atoms with Crippen LogP contribution in [0.1, 0.15) is 30.9 Å². The molecule has 1 saturated heterocycles. The van der Waals surface area contributed by atoms with Gasteiger partial charge in [-0.15, -0.1) is 0 Å². The van der Waals surface area contributed by atoms with Crippen molar-refractivity contribution in [1.82, 2.24) is 4.90 Å². The van der Waals surface area contributed by atoms with Gasteiger partial charge < -0.3 is 15.1 Å². The fraction of sp³-hybridized carbons (Fsp3) is 0.409. The van der Waals surface area contributed by atoms with Gasteiger partial charge in [0.25, 0.3) is 0 Å². The Balaban J connectivity index is 1.54. The molecule has 0 bridgehead atoms. The predicted octanol–water partition coefficient (Wildman–Crippen LogP) is 4.83. The zero-order valence-electron chi connectivity index (χ0n) is 16.2. The number of rotatable bonds is 5. The van der Waals surface area contributed by atoms with E-state index in [9.17, 15) is 9.18 Å². The summed E-state index contributed by atoms with van der Waals surface area (Å²) in [5.41, 5.74) is 4.29. The lowest BCUT2D eigenvalue weighted by atomic mass is 10.0. The number of unbranched alkanes of at least 4 members (excludes halogenated alkanes) is 1. The van der Waals surface area contributed by atoms with Gasteiger partial charge in [-0.1, -0.05) is 25.5 Å². The van der Waals surface area contributed by atoms with Crippen molar-refractivity contribution in [3.63, 3.8) is 0 Å². The molecule has 1 N–H and O–H groups in total. The first-order chi connectivity index (χ1) is 13.1. The Morgan fingerprint density at radius 2 is 1.78 bits per heavy atom. The smallest absolute Gasteiger partial charge is 0.321 e. The molecule has 3 rings (SSSR count). The van der Waals surface area contributed by atoms with E-state index in [0.29, 0.717) is 13.1 Å². The average molecular weight is 369 g/mol. The molecule has 0 atom stereocenters. The Labute approximate surface area is 161 Å². The third kappa shape index (κ3) is 5.00. The number of nitrogens with one attached hydrogen (secondary N) is 1. The van der Waals surface area contributed by atoms with Crippen LogP contribution in [0.5, 0.6) is 0 Å². The number of amides is 2. The van der Waals surface area contributed by atoms with Crippen LogP contribution in [0.3, 0.4) is 0 Å². The van der Waals surface area contributed by atoms with Gasteiger partial charge >= 0.3 is 6.03 Å². The van der Waals surface area contributed by atoms with Gasteiger partial charge in [0, 0.05) is 37.6 Å². The first-order valence-corrected chi connectivity index (χ1v) is 9.73. The van der Waals surface area contributed by atoms with E-state index in [-0.39, 0.29) is 11.8 Å². The van der Waals surface area contributed by atoms with E-state index < -0.39 is 0 Å². The monoisotopic (exact) mass is 369 g/mol.